The number of nitrogens with zero attached hydrogens (tertiary/aromatic N) is 2. The maximum atomic E-state index is 5.27. The van der Waals surface area contributed by atoms with Crippen molar-refractivity contribution in [1.29, 1.82) is 0 Å². The predicted octanol–water partition coefficient (Wildman–Crippen LogP) is 2.29. The fourth-order valence-electron chi connectivity index (χ4n) is 1.37. The second kappa shape index (κ2) is 4.20. The van der Waals surface area contributed by atoms with Gasteiger partial charge in [-0.1, -0.05) is 28.1 Å². The van der Waals surface area contributed by atoms with Crippen molar-refractivity contribution in [3.63, 3.8) is 0 Å². The zero-order chi connectivity index (χ0) is 10.8. The van der Waals surface area contributed by atoms with Crippen LogP contribution < -0.4 is 10.6 Å². The van der Waals surface area contributed by atoms with Crippen LogP contribution in [0.2, 0.25) is 0 Å². The Labute approximate surface area is 100.0 Å². The summed E-state index contributed by atoms with van der Waals surface area (Å²) in [6.07, 6.45) is 0. The third kappa shape index (κ3) is 1.98. The molecule has 2 aromatic rings. The molecule has 3 nitrogen and oxygen atoms in total. The maximum absolute atomic E-state index is 5.27. The first-order valence-electron chi connectivity index (χ1n) is 4.37. The van der Waals surface area contributed by atoms with E-state index in [-0.39, 0.29) is 0 Å². The largest absolute Gasteiger partial charge is 0.320 e. The second-order valence-electron chi connectivity index (χ2n) is 3.10. The van der Waals surface area contributed by atoms with Gasteiger partial charge < -0.3 is 10.4 Å². The molecule has 0 aliphatic carbocycles. The van der Waals surface area contributed by atoms with Crippen molar-refractivity contribution in [3.8, 4) is 11.3 Å². The Morgan fingerprint density at radius 2 is 2.00 bits per heavy atom. The molecule has 2 rings (SSSR count). The fourth-order valence-corrected chi connectivity index (χ4v) is 2.46. The number of aromatic nitrogens is 1. The number of nitrogens with two attached hydrogens (primary N) is 1. The standard InChI is InChI=1S/C10H10BrN3S/c1-14-9(6-15-10(14)13-12)7-2-4-8(11)5-3-7/h2-6H,12H2,1H3. The molecule has 0 saturated carbocycles. The molecule has 0 aliphatic heterocycles. The minimum absolute atomic E-state index is 0.813. The molecule has 0 saturated heterocycles. The lowest BCUT2D eigenvalue weighted by Gasteiger charge is -2.02. The van der Waals surface area contributed by atoms with E-state index in [1.165, 1.54) is 11.3 Å². The lowest BCUT2D eigenvalue weighted by molar-refractivity contribution is 0.862. The molecular weight excluding hydrogens is 274 g/mol. The molecule has 0 radical (unpaired) electrons. The van der Waals surface area contributed by atoms with Gasteiger partial charge in [0.05, 0.1) is 5.69 Å². The Kier molecular flexibility index (Phi) is 2.93. The van der Waals surface area contributed by atoms with E-state index in [0.29, 0.717) is 0 Å². The Bertz CT molecular complexity index is 524. The van der Waals surface area contributed by atoms with E-state index in [4.69, 9.17) is 5.84 Å². The second-order valence-corrected chi connectivity index (χ2v) is 4.85. The smallest absolute Gasteiger partial charge is 0.207 e. The molecule has 0 spiro atoms. The van der Waals surface area contributed by atoms with Gasteiger partial charge in [-0.15, -0.1) is 11.3 Å². The topological polar surface area (TPSA) is 43.3 Å². The van der Waals surface area contributed by atoms with E-state index in [2.05, 4.69) is 38.5 Å². The number of thiazole rings is 1. The molecule has 2 N–H and O–H groups in total. The highest BCUT2D eigenvalue weighted by molar-refractivity contribution is 9.10. The highest BCUT2D eigenvalue weighted by Crippen LogP contribution is 2.21. The van der Waals surface area contributed by atoms with Crippen LogP contribution >= 0.6 is 27.3 Å². The summed E-state index contributed by atoms with van der Waals surface area (Å²) in [7, 11) is 1.96. The number of halogens is 1. The summed E-state index contributed by atoms with van der Waals surface area (Å²) in [4.78, 5) is 0.813. The lowest BCUT2D eigenvalue weighted by atomic mass is 10.2. The monoisotopic (exact) mass is 283 g/mol. The quantitative estimate of drug-likeness (QED) is 0.633. The molecular formula is C10H10BrN3S. The van der Waals surface area contributed by atoms with E-state index in [9.17, 15) is 0 Å². The van der Waals surface area contributed by atoms with E-state index < -0.39 is 0 Å². The molecule has 78 valence electrons. The Hall–Kier alpha value is -1.07. The summed E-state index contributed by atoms with van der Waals surface area (Å²) >= 11 is 4.95. The first-order valence-corrected chi connectivity index (χ1v) is 6.04. The van der Waals surface area contributed by atoms with Crippen LogP contribution in [-0.2, 0) is 7.05 Å². The van der Waals surface area contributed by atoms with Crippen LogP contribution in [0, 0.1) is 0 Å². The van der Waals surface area contributed by atoms with Crippen LogP contribution in [0.5, 0.6) is 0 Å². The minimum atomic E-state index is 0.813. The van der Waals surface area contributed by atoms with Gasteiger partial charge in [-0.2, -0.15) is 5.10 Å². The van der Waals surface area contributed by atoms with Crippen LogP contribution in [-0.4, -0.2) is 4.57 Å². The van der Waals surface area contributed by atoms with Gasteiger partial charge in [0.2, 0.25) is 4.80 Å². The SMILES string of the molecule is Cn1c(-c2ccc(Br)cc2)csc1=NN. The zero-order valence-corrected chi connectivity index (χ0v) is 10.5. The van der Waals surface area contributed by atoms with Gasteiger partial charge >= 0.3 is 0 Å². The van der Waals surface area contributed by atoms with Crippen LogP contribution in [0.4, 0.5) is 0 Å². The average Bonchev–Trinajstić information content (AvgIpc) is 2.61. The van der Waals surface area contributed by atoms with E-state index in [0.717, 1.165) is 20.5 Å². The third-order valence-electron chi connectivity index (χ3n) is 2.17. The summed E-state index contributed by atoms with van der Waals surface area (Å²) in [6.45, 7) is 0. The predicted molar refractivity (Wildman–Crippen MR) is 66.2 cm³/mol. The molecule has 1 aromatic heterocycles. The highest BCUT2D eigenvalue weighted by Gasteiger charge is 2.03. The van der Waals surface area contributed by atoms with E-state index in [1.807, 2.05) is 23.7 Å². The first kappa shape index (κ1) is 10.4. The van der Waals surface area contributed by atoms with Crippen molar-refractivity contribution in [2.45, 2.75) is 0 Å². The van der Waals surface area contributed by atoms with Crippen molar-refractivity contribution >= 4 is 27.3 Å². The van der Waals surface area contributed by atoms with E-state index in [1.54, 1.807) is 0 Å². The minimum Gasteiger partial charge on any atom is -0.320 e. The molecule has 5 heteroatoms. The van der Waals surface area contributed by atoms with Crippen LogP contribution in [0.3, 0.4) is 0 Å². The van der Waals surface area contributed by atoms with Crippen molar-refractivity contribution in [1.82, 2.24) is 4.57 Å². The molecule has 0 unspecified atom stereocenters. The molecule has 0 atom stereocenters. The molecule has 0 bridgehead atoms. The van der Waals surface area contributed by atoms with Gasteiger partial charge in [0.1, 0.15) is 0 Å². The molecule has 15 heavy (non-hydrogen) atoms. The van der Waals surface area contributed by atoms with Crippen molar-refractivity contribution in [2.24, 2.45) is 18.0 Å². The van der Waals surface area contributed by atoms with Gasteiger partial charge in [-0.25, -0.2) is 0 Å². The number of hydrogen-bond donors (Lipinski definition) is 1. The number of benzene rings is 1. The van der Waals surface area contributed by atoms with Gasteiger partial charge in [0.15, 0.2) is 0 Å². The van der Waals surface area contributed by atoms with Crippen LogP contribution in [0.15, 0.2) is 39.2 Å². The van der Waals surface area contributed by atoms with Crippen molar-refractivity contribution in [2.75, 3.05) is 0 Å². The first-order chi connectivity index (χ1) is 7.22. The van der Waals surface area contributed by atoms with Gasteiger partial charge in [0.25, 0.3) is 0 Å². The molecule has 1 heterocycles. The van der Waals surface area contributed by atoms with Gasteiger partial charge in [-0.3, -0.25) is 0 Å². The van der Waals surface area contributed by atoms with E-state index >= 15 is 0 Å². The van der Waals surface area contributed by atoms with Crippen LogP contribution in [0.25, 0.3) is 11.3 Å². The molecule has 0 aliphatic rings. The van der Waals surface area contributed by atoms with Crippen molar-refractivity contribution < 1.29 is 0 Å². The van der Waals surface area contributed by atoms with Crippen LogP contribution in [0.1, 0.15) is 0 Å². The average molecular weight is 284 g/mol. The molecule has 0 fully saturated rings. The van der Waals surface area contributed by atoms with Gasteiger partial charge in [0, 0.05) is 16.9 Å². The lowest BCUT2D eigenvalue weighted by Crippen LogP contribution is -2.13. The highest BCUT2D eigenvalue weighted by atomic mass is 79.9. The molecule has 0 amide bonds. The third-order valence-corrected chi connectivity index (χ3v) is 3.63. The summed E-state index contributed by atoms with van der Waals surface area (Å²) in [5, 5.41) is 5.76. The van der Waals surface area contributed by atoms with Gasteiger partial charge in [-0.05, 0) is 17.7 Å². The zero-order valence-electron chi connectivity index (χ0n) is 8.14. The summed E-state index contributed by atoms with van der Waals surface area (Å²) in [5.41, 5.74) is 2.28. The Balaban J connectivity index is 2.55. The number of rotatable bonds is 1. The summed E-state index contributed by atoms with van der Waals surface area (Å²) in [6, 6.07) is 8.16. The van der Waals surface area contributed by atoms with Crippen molar-refractivity contribution in [3.05, 3.63) is 38.9 Å². The number of hydrogen-bond acceptors (Lipinski definition) is 3. The summed E-state index contributed by atoms with van der Waals surface area (Å²) < 4.78 is 3.06. The maximum Gasteiger partial charge on any atom is 0.207 e. The Morgan fingerprint density at radius 1 is 1.33 bits per heavy atom. The Morgan fingerprint density at radius 3 is 2.53 bits per heavy atom. The summed E-state index contributed by atoms with van der Waals surface area (Å²) in [5.74, 6) is 5.27. The molecule has 1 aromatic carbocycles. The normalized spacial score (nSPS) is 12.0. The fraction of sp³-hybridized carbons (Fsp3) is 0.100.